The topological polar surface area (TPSA) is 64.1 Å². The normalized spacial score (nSPS) is 10.3. The van der Waals surface area contributed by atoms with Crippen molar-refractivity contribution in [1.82, 2.24) is 9.97 Å². The Labute approximate surface area is 135 Å². The molecular formula is C14H13BrClN3O2. The van der Waals surface area contributed by atoms with Crippen LogP contribution < -0.4 is 5.32 Å². The fourth-order valence-corrected chi connectivity index (χ4v) is 2.44. The van der Waals surface area contributed by atoms with Crippen molar-refractivity contribution in [2.45, 2.75) is 13.5 Å². The number of carbonyl (C=O) groups is 1. The molecule has 0 aliphatic rings. The molecule has 7 heteroatoms. The second-order valence-electron chi connectivity index (χ2n) is 4.27. The minimum absolute atomic E-state index is 0.130. The van der Waals surface area contributed by atoms with E-state index < -0.39 is 5.97 Å². The summed E-state index contributed by atoms with van der Waals surface area (Å²) >= 11 is 9.28. The van der Waals surface area contributed by atoms with Crippen molar-refractivity contribution in [3.05, 3.63) is 51.0 Å². The highest BCUT2D eigenvalue weighted by Crippen LogP contribution is 2.29. The molecule has 0 aliphatic heterocycles. The second kappa shape index (κ2) is 6.87. The van der Waals surface area contributed by atoms with Gasteiger partial charge in [0.25, 0.3) is 0 Å². The minimum Gasteiger partial charge on any atom is -0.464 e. The van der Waals surface area contributed by atoms with Crippen molar-refractivity contribution in [1.29, 1.82) is 0 Å². The molecule has 0 aromatic carbocycles. The Kier molecular flexibility index (Phi) is 5.14. The molecule has 2 heterocycles. The number of anilines is 1. The minimum atomic E-state index is -0.554. The van der Waals surface area contributed by atoms with E-state index in [0.29, 0.717) is 16.7 Å². The Morgan fingerprint density at radius 1 is 1.52 bits per heavy atom. The monoisotopic (exact) mass is 369 g/mol. The number of aromatic nitrogens is 2. The van der Waals surface area contributed by atoms with Gasteiger partial charge in [0, 0.05) is 6.20 Å². The van der Waals surface area contributed by atoms with Gasteiger partial charge in [0.1, 0.15) is 5.15 Å². The highest BCUT2D eigenvalue weighted by Gasteiger charge is 2.17. The predicted molar refractivity (Wildman–Crippen MR) is 84.6 cm³/mol. The van der Waals surface area contributed by atoms with Gasteiger partial charge in [-0.1, -0.05) is 17.7 Å². The maximum Gasteiger partial charge on any atom is 0.357 e. The molecule has 0 spiro atoms. The van der Waals surface area contributed by atoms with Crippen LogP contribution in [0.1, 0.15) is 21.7 Å². The number of nitrogens with one attached hydrogen (secondary N) is 1. The van der Waals surface area contributed by atoms with Crippen molar-refractivity contribution in [2.24, 2.45) is 0 Å². The zero-order chi connectivity index (χ0) is 15.4. The number of nitrogens with zero attached hydrogens (tertiary/aromatic N) is 2. The summed E-state index contributed by atoms with van der Waals surface area (Å²) in [6.07, 6.45) is 1.73. The number of hydrogen-bond donors (Lipinski definition) is 1. The van der Waals surface area contributed by atoms with Gasteiger partial charge in [0.05, 0.1) is 29.5 Å². The molecule has 2 aromatic rings. The first-order valence-electron chi connectivity index (χ1n) is 6.11. The van der Waals surface area contributed by atoms with Crippen molar-refractivity contribution >= 4 is 39.2 Å². The first kappa shape index (κ1) is 15.7. The molecule has 0 aliphatic carbocycles. The Morgan fingerprint density at radius 2 is 2.29 bits per heavy atom. The molecule has 110 valence electrons. The summed E-state index contributed by atoms with van der Waals surface area (Å²) in [7, 11) is 1.29. The van der Waals surface area contributed by atoms with Crippen molar-refractivity contribution in [3.63, 3.8) is 0 Å². The van der Waals surface area contributed by atoms with Crippen LogP contribution >= 0.6 is 27.5 Å². The first-order valence-corrected chi connectivity index (χ1v) is 7.28. The van der Waals surface area contributed by atoms with E-state index in [4.69, 9.17) is 11.6 Å². The van der Waals surface area contributed by atoms with E-state index in [1.165, 1.54) is 7.11 Å². The van der Waals surface area contributed by atoms with E-state index >= 15 is 0 Å². The third kappa shape index (κ3) is 3.71. The molecule has 0 bridgehead atoms. The van der Waals surface area contributed by atoms with E-state index in [1.807, 2.05) is 19.1 Å². The van der Waals surface area contributed by atoms with E-state index in [9.17, 15) is 4.79 Å². The lowest BCUT2D eigenvalue weighted by Gasteiger charge is -2.12. The SMILES string of the molecule is COC(=O)c1nc(Cl)cc(NCc2ncccc2C)c1Br. The summed E-state index contributed by atoms with van der Waals surface area (Å²) in [6, 6.07) is 5.50. The molecule has 0 radical (unpaired) electrons. The molecular weight excluding hydrogens is 358 g/mol. The van der Waals surface area contributed by atoms with E-state index in [2.05, 4.69) is 36.0 Å². The van der Waals surface area contributed by atoms with Crippen LogP contribution in [0, 0.1) is 6.92 Å². The second-order valence-corrected chi connectivity index (χ2v) is 5.45. The van der Waals surface area contributed by atoms with Gasteiger partial charge in [-0.15, -0.1) is 0 Å². The average Bonchev–Trinajstić information content (AvgIpc) is 2.48. The lowest BCUT2D eigenvalue weighted by Crippen LogP contribution is -2.09. The number of aryl methyl sites for hydroxylation is 1. The number of methoxy groups -OCH3 is 1. The number of rotatable bonds is 4. The first-order chi connectivity index (χ1) is 10.0. The summed E-state index contributed by atoms with van der Waals surface area (Å²) in [5, 5.41) is 3.40. The zero-order valence-corrected chi connectivity index (χ0v) is 13.8. The fourth-order valence-electron chi connectivity index (χ4n) is 1.74. The molecule has 2 rings (SSSR count). The number of esters is 1. The summed E-state index contributed by atoms with van der Waals surface area (Å²) < 4.78 is 5.19. The standard InChI is InChI=1S/C14H13BrClN3O2/c1-8-4-3-5-17-10(8)7-18-9-6-11(16)19-13(12(9)15)14(20)21-2/h3-6H,7H2,1-2H3,(H,18,19). The quantitative estimate of drug-likeness (QED) is 0.658. The molecule has 0 amide bonds. The molecule has 21 heavy (non-hydrogen) atoms. The predicted octanol–water partition coefficient (Wildman–Crippen LogP) is 3.60. The van der Waals surface area contributed by atoms with Crippen LogP contribution in [0.3, 0.4) is 0 Å². The van der Waals surface area contributed by atoms with Gasteiger partial charge < -0.3 is 10.1 Å². The Morgan fingerprint density at radius 3 is 2.95 bits per heavy atom. The molecule has 0 saturated carbocycles. The largest absolute Gasteiger partial charge is 0.464 e. The summed E-state index contributed by atoms with van der Waals surface area (Å²) in [4.78, 5) is 19.9. The number of halogens is 2. The van der Waals surface area contributed by atoms with Gasteiger partial charge in [-0.05, 0) is 40.5 Å². The van der Waals surface area contributed by atoms with Gasteiger partial charge in [-0.3, -0.25) is 4.98 Å². The molecule has 5 nitrogen and oxygen atoms in total. The van der Waals surface area contributed by atoms with E-state index in [-0.39, 0.29) is 10.8 Å². The van der Waals surface area contributed by atoms with Gasteiger partial charge in [-0.25, -0.2) is 9.78 Å². The summed E-state index contributed by atoms with van der Waals surface area (Å²) in [5.74, 6) is -0.554. The average molecular weight is 371 g/mol. The van der Waals surface area contributed by atoms with Gasteiger partial charge in [0.15, 0.2) is 5.69 Å². The van der Waals surface area contributed by atoms with Crippen LogP contribution in [0.15, 0.2) is 28.9 Å². The fraction of sp³-hybridized carbons (Fsp3) is 0.214. The molecule has 0 fully saturated rings. The van der Waals surface area contributed by atoms with Crippen LogP contribution in [0.4, 0.5) is 5.69 Å². The molecule has 2 aromatic heterocycles. The molecule has 0 unspecified atom stereocenters. The van der Waals surface area contributed by atoms with Crippen molar-refractivity contribution < 1.29 is 9.53 Å². The maximum atomic E-state index is 11.7. The zero-order valence-electron chi connectivity index (χ0n) is 11.5. The highest BCUT2D eigenvalue weighted by atomic mass is 79.9. The van der Waals surface area contributed by atoms with Crippen LogP contribution in [-0.4, -0.2) is 23.0 Å². The Hall–Kier alpha value is -1.66. The number of ether oxygens (including phenoxy) is 1. The lowest BCUT2D eigenvalue weighted by molar-refractivity contribution is 0.0593. The molecule has 0 atom stereocenters. The van der Waals surface area contributed by atoms with Crippen LogP contribution in [0.2, 0.25) is 5.15 Å². The van der Waals surface area contributed by atoms with Gasteiger partial charge in [0.2, 0.25) is 0 Å². The smallest absolute Gasteiger partial charge is 0.357 e. The number of hydrogen-bond acceptors (Lipinski definition) is 5. The summed E-state index contributed by atoms with van der Waals surface area (Å²) in [5.41, 5.74) is 2.78. The summed E-state index contributed by atoms with van der Waals surface area (Å²) in [6.45, 7) is 2.49. The van der Waals surface area contributed by atoms with Crippen LogP contribution in [-0.2, 0) is 11.3 Å². The van der Waals surface area contributed by atoms with Gasteiger partial charge in [-0.2, -0.15) is 0 Å². The van der Waals surface area contributed by atoms with E-state index in [1.54, 1.807) is 12.3 Å². The number of pyridine rings is 2. The van der Waals surface area contributed by atoms with Crippen LogP contribution in [0.5, 0.6) is 0 Å². The van der Waals surface area contributed by atoms with E-state index in [0.717, 1.165) is 11.3 Å². The third-order valence-corrected chi connectivity index (χ3v) is 3.87. The third-order valence-electron chi connectivity index (χ3n) is 2.87. The Balaban J connectivity index is 2.26. The number of carbonyl (C=O) groups excluding carboxylic acids is 1. The lowest BCUT2D eigenvalue weighted by atomic mass is 10.2. The van der Waals surface area contributed by atoms with Crippen LogP contribution in [0.25, 0.3) is 0 Å². The Bertz CT molecular complexity index is 679. The van der Waals surface area contributed by atoms with Crippen molar-refractivity contribution in [2.75, 3.05) is 12.4 Å². The maximum absolute atomic E-state index is 11.7. The van der Waals surface area contributed by atoms with Crippen molar-refractivity contribution in [3.8, 4) is 0 Å². The van der Waals surface area contributed by atoms with Gasteiger partial charge >= 0.3 is 5.97 Å². The molecule has 0 saturated heterocycles. The molecule has 1 N–H and O–H groups in total. The highest BCUT2D eigenvalue weighted by molar-refractivity contribution is 9.10.